The SMILES string of the molecule is COc1ccc(C)cc1NCc1ccc(Cl)cc1[N+](=O)[O-]. The van der Waals surface area contributed by atoms with E-state index in [2.05, 4.69) is 5.32 Å². The molecule has 0 spiro atoms. The van der Waals surface area contributed by atoms with Crippen LogP contribution in [0.15, 0.2) is 36.4 Å². The van der Waals surface area contributed by atoms with Gasteiger partial charge in [-0.25, -0.2) is 0 Å². The monoisotopic (exact) mass is 306 g/mol. The summed E-state index contributed by atoms with van der Waals surface area (Å²) < 4.78 is 5.27. The summed E-state index contributed by atoms with van der Waals surface area (Å²) in [6.07, 6.45) is 0. The van der Waals surface area contributed by atoms with Crippen LogP contribution in [-0.4, -0.2) is 12.0 Å². The molecule has 6 heteroatoms. The maximum absolute atomic E-state index is 11.1. The Hall–Kier alpha value is -2.27. The highest BCUT2D eigenvalue weighted by atomic mass is 35.5. The molecule has 0 saturated heterocycles. The van der Waals surface area contributed by atoms with E-state index < -0.39 is 4.92 Å². The van der Waals surface area contributed by atoms with Gasteiger partial charge in [0.1, 0.15) is 5.75 Å². The van der Waals surface area contributed by atoms with Crippen LogP contribution in [0.3, 0.4) is 0 Å². The molecule has 0 fully saturated rings. The zero-order valence-corrected chi connectivity index (χ0v) is 12.5. The lowest BCUT2D eigenvalue weighted by atomic mass is 10.1. The maximum atomic E-state index is 11.1. The average Bonchev–Trinajstić information content (AvgIpc) is 2.46. The third-order valence-electron chi connectivity index (χ3n) is 3.07. The van der Waals surface area contributed by atoms with E-state index in [0.29, 0.717) is 22.9 Å². The second-order valence-corrected chi connectivity index (χ2v) is 5.02. The van der Waals surface area contributed by atoms with E-state index in [1.54, 1.807) is 19.2 Å². The van der Waals surface area contributed by atoms with Crippen LogP contribution in [0.5, 0.6) is 5.75 Å². The first-order chi connectivity index (χ1) is 10.0. The zero-order valence-electron chi connectivity index (χ0n) is 11.7. The van der Waals surface area contributed by atoms with Crippen molar-refractivity contribution in [3.05, 3.63) is 62.7 Å². The van der Waals surface area contributed by atoms with Gasteiger partial charge < -0.3 is 10.1 Å². The van der Waals surface area contributed by atoms with Crippen LogP contribution in [0, 0.1) is 17.0 Å². The van der Waals surface area contributed by atoms with Gasteiger partial charge in [-0.2, -0.15) is 0 Å². The predicted octanol–water partition coefficient (Wildman–Crippen LogP) is 4.18. The number of nitrogens with one attached hydrogen (secondary N) is 1. The maximum Gasteiger partial charge on any atom is 0.275 e. The first kappa shape index (κ1) is 15.1. The molecule has 0 unspecified atom stereocenters. The molecule has 110 valence electrons. The normalized spacial score (nSPS) is 10.2. The number of ether oxygens (including phenoxy) is 1. The fourth-order valence-electron chi connectivity index (χ4n) is 2.01. The van der Waals surface area contributed by atoms with E-state index in [1.165, 1.54) is 6.07 Å². The molecule has 0 saturated carbocycles. The number of nitro benzene ring substituents is 1. The number of halogens is 1. The summed E-state index contributed by atoms with van der Waals surface area (Å²) in [7, 11) is 1.58. The standard InChI is InChI=1S/C15H15ClN2O3/c1-10-3-6-15(21-2)13(7-10)17-9-11-4-5-12(16)8-14(11)18(19)20/h3-8,17H,9H2,1-2H3. The fourth-order valence-corrected chi connectivity index (χ4v) is 2.17. The zero-order chi connectivity index (χ0) is 15.4. The van der Waals surface area contributed by atoms with Crippen LogP contribution in [0.25, 0.3) is 0 Å². The van der Waals surface area contributed by atoms with Crippen LogP contribution in [0.4, 0.5) is 11.4 Å². The predicted molar refractivity (Wildman–Crippen MR) is 83.2 cm³/mol. The first-order valence-electron chi connectivity index (χ1n) is 6.32. The quantitative estimate of drug-likeness (QED) is 0.665. The van der Waals surface area contributed by atoms with Gasteiger partial charge in [0.25, 0.3) is 5.69 Å². The highest BCUT2D eigenvalue weighted by molar-refractivity contribution is 6.30. The molecule has 0 radical (unpaired) electrons. The first-order valence-corrected chi connectivity index (χ1v) is 6.70. The molecule has 0 aliphatic heterocycles. The Balaban J connectivity index is 2.24. The minimum atomic E-state index is -0.434. The third-order valence-corrected chi connectivity index (χ3v) is 3.30. The van der Waals surface area contributed by atoms with E-state index in [4.69, 9.17) is 16.3 Å². The molecule has 2 rings (SSSR count). The summed E-state index contributed by atoms with van der Waals surface area (Å²) in [4.78, 5) is 10.6. The van der Waals surface area contributed by atoms with Gasteiger partial charge in [-0.15, -0.1) is 0 Å². The van der Waals surface area contributed by atoms with Crippen LogP contribution in [0.2, 0.25) is 5.02 Å². The van der Waals surface area contributed by atoms with Crippen molar-refractivity contribution in [3.8, 4) is 5.75 Å². The van der Waals surface area contributed by atoms with Gasteiger partial charge >= 0.3 is 0 Å². The molecule has 0 aliphatic rings. The van der Waals surface area contributed by atoms with Crippen LogP contribution < -0.4 is 10.1 Å². The largest absolute Gasteiger partial charge is 0.495 e. The summed E-state index contributed by atoms with van der Waals surface area (Å²) in [5.74, 6) is 0.692. The highest BCUT2D eigenvalue weighted by Gasteiger charge is 2.14. The van der Waals surface area contributed by atoms with Crippen molar-refractivity contribution < 1.29 is 9.66 Å². The van der Waals surface area contributed by atoms with Crippen molar-refractivity contribution in [3.63, 3.8) is 0 Å². The summed E-state index contributed by atoms with van der Waals surface area (Å²) in [6, 6.07) is 10.4. The van der Waals surface area contributed by atoms with Crippen LogP contribution >= 0.6 is 11.6 Å². The van der Waals surface area contributed by atoms with Crippen molar-refractivity contribution in [2.24, 2.45) is 0 Å². The highest BCUT2D eigenvalue weighted by Crippen LogP contribution is 2.28. The number of methoxy groups -OCH3 is 1. The fraction of sp³-hybridized carbons (Fsp3) is 0.200. The van der Waals surface area contributed by atoms with Gasteiger partial charge in [0.15, 0.2) is 0 Å². The van der Waals surface area contributed by atoms with Gasteiger partial charge in [-0.3, -0.25) is 10.1 Å². The Morgan fingerprint density at radius 1 is 1.29 bits per heavy atom. The Kier molecular flexibility index (Phi) is 4.65. The van der Waals surface area contributed by atoms with Crippen LogP contribution in [-0.2, 0) is 6.54 Å². The molecule has 21 heavy (non-hydrogen) atoms. The molecule has 2 aromatic rings. The second-order valence-electron chi connectivity index (χ2n) is 4.59. The van der Waals surface area contributed by atoms with Crippen molar-refractivity contribution in [2.45, 2.75) is 13.5 Å². The van der Waals surface area contributed by atoms with Gasteiger partial charge in [-0.1, -0.05) is 17.7 Å². The molecular formula is C15H15ClN2O3. The van der Waals surface area contributed by atoms with E-state index in [0.717, 1.165) is 11.3 Å². The Morgan fingerprint density at radius 3 is 2.71 bits per heavy atom. The Morgan fingerprint density at radius 2 is 2.05 bits per heavy atom. The van der Waals surface area contributed by atoms with Gasteiger partial charge in [0.05, 0.1) is 17.7 Å². The number of nitrogens with zero attached hydrogens (tertiary/aromatic N) is 1. The molecule has 0 bridgehead atoms. The van der Waals surface area contributed by atoms with Crippen molar-refractivity contribution in [1.82, 2.24) is 0 Å². The van der Waals surface area contributed by atoms with E-state index in [-0.39, 0.29) is 5.69 Å². The number of nitro groups is 1. The second kappa shape index (κ2) is 6.45. The molecule has 0 amide bonds. The number of hydrogen-bond donors (Lipinski definition) is 1. The van der Waals surface area contributed by atoms with Gasteiger partial charge in [-0.05, 0) is 36.8 Å². The van der Waals surface area contributed by atoms with Crippen LogP contribution in [0.1, 0.15) is 11.1 Å². The minimum absolute atomic E-state index is 0.00150. The molecule has 0 aliphatic carbocycles. The number of rotatable bonds is 5. The topological polar surface area (TPSA) is 64.4 Å². The molecule has 0 aromatic heterocycles. The van der Waals surface area contributed by atoms with E-state index in [9.17, 15) is 10.1 Å². The molecule has 0 heterocycles. The van der Waals surface area contributed by atoms with Gasteiger partial charge in [0, 0.05) is 23.2 Å². The number of hydrogen-bond acceptors (Lipinski definition) is 4. The summed E-state index contributed by atoms with van der Waals surface area (Å²) in [5.41, 5.74) is 2.43. The summed E-state index contributed by atoms with van der Waals surface area (Å²) >= 11 is 5.80. The number of anilines is 1. The number of benzene rings is 2. The third kappa shape index (κ3) is 3.64. The van der Waals surface area contributed by atoms with Crippen molar-refractivity contribution in [1.29, 1.82) is 0 Å². The van der Waals surface area contributed by atoms with E-state index in [1.807, 2.05) is 25.1 Å². The average molecular weight is 307 g/mol. The van der Waals surface area contributed by atoms with E-state index >= 15 is 0 Å². The van der Waals surface area contributed by atoms with Gasteiger partial charge in [0.2, 0.25) is 0 Å². The minimum Gasteiger partial charge on any atom is -0.495 e. The Labute approximate surface area is 127 Å². The Bertz CT molecular complexity index is 674. The lowest BCUT2D eigenvalue weighted by molar-refractivity contribution is -0.385. The molecular weight excluding hydrogens is 292 g/mol. The number of aryl methyl sites for hydroxylation is 1. The molecule has 2 aromatic carbocycles. The smallest absolute Gasteiger partial charge is 0.275 e. The summed E-state index contributed by atoms with van der Waals surface area (Å²) in [6.45, 7) is 2.28. The van der Waals surface area contributed by atoms with Crippen molar-refractivity contribution >= 4 is 23.0 Å². The molecule has 1 N–H and O–H groups in total. The molecule has 0 atom stereocenters. The lowest BCUT2D eigenvalue weighted by Crippen LogP contribution is -2.04. The lowest BCUT2D eigenvalue weighted by Gasteiger charge is -2.12. The molecule has 5 nitrogen and oxygen atoms in total. The summed E-state index contributed by atoms with van der Waals surface area (Å²) in [5, 5.41) is 14.6. The van der Waals surface area contributed by atoms with Crippen molar-refractivity contribution in [2.75, 3.05) is 12.4 Å².